The van der Waals surface area contributed by atoms with E-state index in [2.05, 4.69) is 26.0 Å². The van der Waals surface area contributed by atoms with Crippen LogP contribution in [-0.2, 0) is 12.8 Å². The van der Waals surface area contributed by atoms with E-state index < -0.39 is 0 Å². The fourth-order valence-corrected chi connectivity index (χ4v) is 4.21. The minimum Gasteiger partial charge on any atom is -0.245 e. The lowest BCUT2D eigenvalue weighted by Gasteiger charge is -2.10. The van der Waals surface area contributed by atoms with Gasteiger partial charge in [-0.3, -0.25) is 0 Å². The minimum atomic E-state index is 0.422. The molecule has 1 fully saturated rings. The lowest BCUT2D eigenvalue weighted by Crippen LogP contribution is -2.01. The smallest absolute Gasteiger partial charge is 0.114 e. The van der Waals surface area contributed by atoms with E-state index >= 15 is 0 Å². The van der Waals surface area contributed by atoms with Crippen LogP contribution in [-0.4, -0.2) is 10.2 Å². The number of aromatic nitrogens is 1. The normalized spacial score (nSPS) is 24.2. The maximum absolute atomic E-state index is 9.35. The molecule has 0 radical (unpaired) electrons. The Hall–Kier alpha value is -1.01. The van der Waals surface area contributed by atoms with Crippen molar-refractivity contribution in [1.29, 1.82) is 5.26 Å². The molecule has 1 saturated carbocycles. The largest absolute Gasteiger partial charge is 0.245 e. The van der Waals surface area contributed by atoms with Gasteiger partial charge in [-0.05, 0) is 49.1 Å². The molecule has 1 aromatic heterocycles. The lowest BCUT2D eigenvalue weighted by atomic mass is 10.1. The molecule has 0 bridgehead atoms. The molecule has 0 spiro atoms. The molecule has 2 aliphatic carbocycles. The fraction of sp³-hybridized carbons (Fsp3) is 0.625. The van der Waals surface area contributed by atoms with Gasteiger partial charge in [0.25, 0.3) is 0 Å². The summed E-state index contributed by atoms with van der Waals surface area (Å²) in [6.07, 6.45) is 7.18. The highest BCUT2D eigenvalue weighted by molar-refractivity contribution is 8.00. The molecule has 2 aliphatic rings. The fourth-order valence-electron chi connectivity index (χ4n) is 2.72. The number of rotatable bonds is 2. The molecule has 1 aromatic rings. The van der Waals surface area contributed by atoms with Crippen LogP contribution >= 0.6 is 11.8 Å². The molecule has 0 aliphatic heterocycles. The zero-order valence-corrected chi connectivity index (χ0v) is 12.5. The lowest BCUT2D eigenvalue weighted by molar-refractivity contribution is 0.657. The summed E-state index contributed by atoms with van der Waals surface area (Å²) in [5.74, 6) is 0. The number of fused-ring (bicyclic) bond motifs is 1. The van der Waals surface area contributed by atoms with Crippen molar-refractivity contribution in [3.63, 3.8) is 0 Å². The topological polar surface area (TPSA) is 36.7 Å². The van der Waals surface area contributed by atoms with Crippen LogP contribution in [0.15, 0.2) is 11.1 Å². The highest BCUT2D eigenvalue weighted by atomic mass is 32.2. The van der Waals surface area contributed by atoms with Crippen molar-refractivity contribution in [1.82, 2.24) is 4.98 Å². The van der Waals surface area contributed by atoms with Crippen LogP contribution in [0.25, 0.3) is 0 Å². The molecular formula is C16H20N2S. The summed E-state index contributed by atoms with van der Waals surface area (Å²) in [6.45, 7) is 4.58. The molecule has 0 amide bonds. The summed E-state index contributed by atoms with van der Waals surface area (Å²) in [4.78, 5) is 4.83. The Morgan fingerprint density at radius 1 is 1.32 bits per heavy atom. The van der Waals surface area contributed by atoms with Gasteiger partial charge < -0.3 is 0 Å². The molecule has 1 atom stereocenters. The maximum Gasteiger partial charge on any atom is 0.114 e. The van der Waals surface area contributed by atoms with Crippen LogP contribution in [0.3, 0.4) is 0 Å². The first kappa shape index (κ1) is 13.0. The molecule has 3 rings (SSSR count). The minimum absolute atomic E-state index is 0.422. The Morgan fingerprint density at radius 3 is 2.74 bits per heavy atom. The second kappa shape index (κ2) is 4.83. The maximum atomic E-state index is 9.35. The van der Waals surface area contributed by atoms with Crippen molar-refractivity contribution in [3.8, 4) is 6.07 Å². The number of aryl methyl sites for hydroxylation is 2. The van der Waals surface area contributed by atoms with Crippen molar-refractivity contribution in [2.24, 2.45) is 5.41 Å². The third-order valence-electron chi connectivity index (χ3n) is 4.31. The van der Waals surface area contributed by atoms with Crippen LogP contribution in [0.4, 0.5) is 0 Å². The summed E-state index contributed by atoms with van der Waals surface area (Å²) >= 11 is 1.81. The number of thioether (sulfide) groups is 1. The molecule has 0 aromatic carbocycles. The van der Waals surface area contributed by atoms with E-state index in [0.29, 0.717) is 10.7 Å². The molecule has 2 nitrogen and oxygen atoms in total. The van der Waals surface area contributed by atoms with Gasteiger partial charge in [-0.2, -0.15) is 5.26 Å². The molecule has 1 unspecified atom stereocenters. The van der Waals surface area contributed by atoms with Crippen molar-refractivity contribution in [2.45, 2.75) is 62.6 Å². The van der Waals surface area contributed by atoms with Crippen LogP contribution < -0.4 is 0 Å². The Morgan fingerprint density at radius 2 is 2.05 bits per heavy atom. The third kappa shape index (κ3) is 2.65. The van der Waals surface area contributed by atoms with Crippen LogP contribution in [0.1, 0.15) is 56.4 Å². The van der Waals surface area contributed by atoms with E-state index in [1.807, 2.05) is 11.8 Å². The Balaban J connectivity index is 1.91. The van der Waals surface area contributed by atoms with Gasteiger partial charge in [0.05, 0.1) is 5.56 Å². The van der Waals surface area contributed by atoms with E-state index in [0.717, 1.165) is 23.4 Å². The predicted molar refractivity (Wildman–Crippen MR) is 78.3 cm³/mol. The van der Waals surface area contributed by atoms with Gasteiger partial charge >= 0.3 is 0 Å². The van der Waals surface area contributed by atoms with Gasteiger partial charge in [0.1, 0.15) is 11.1 Å². The Kier molecular flexibility index (Phi) is 3.30. The van der Waals surface area contributed by atoms with Gasteiger partial charge in [-0.15, -0.1) is 11.8 Å². The van der Waals surface area contributed by atoms with E-state index in [4.69, 9.17) is 4.98 Å². The van der Waals surface area contributed by atoms with Gasteiger partial charge in [0, 0.05) is 10.9 Å². The van der Waals surface area contributed by atoms with Crippen molar-refractivity contribution in [3.05, 3.63) is 22.9 Å². The number of nitrogens with zero attached hydrogens (tertiary/aromatic N) is 2. The van der Waals surface area contributed by atoms with Gasteiger partial charge in [-0.25, -0.2) is 4.98 Å². The predicted octanol–water partition coefficient (Wildman–Crippen LogP) is 4.11. The molecule has 3 heteroatoms. The van der Waals surface area contributed by atoms with E-state index in [1.54, 1.807) is 0 Å². The second-order valence-corrected chi connectivity index (χ2v) is 7.61. The first-order valence-electron chi connectivity index (χ1n) is 7.20. The highest BCUT2D eigenvalue weighted by Crippen LogP contribution is 2.55. The Labute approximate surface area is 119 Å². The molecule has 0 saturated heterocycles. The van der Waals surface area contributed by atoms with Gasteiger partial charge in [0.2, 0.25) is 0 Å². The van der Waals surface area contributed by atoms with Crippen LogP contribution in [0.5, 0.6) is 0 Å². The SMILES string of the molecule is CC1(C)CC1Sc1nc2c(cc1C#N)CCCCC2. The number of nitriles is 1. The van der Waals surface area contributed by atoms with Crippen molar-refractivity contribution < 1.29 is 0 Å². The number of pyridine rings is 1. The van der Waals surface area contributed by atoms with Crippen molar-refractivity contribution >= 4 is 11.8 Å². The van der Waals surface area contributed by atoms with Crippen molar-refractivity contribution in [2.75, 3.05) is 0 Å². The second-order valence-electron chi connectivity index (χ2n) is 6.42. The summed E-state index contributed by atoms with van der Waals surface area (Å²) < 4.78 is 0. The summed E-state index contributed by atoms with van der Waals surface area (Å²) in [6, 6.07) is 4.45. The average Bonchev–Trinajstić information content (AvgIpc) is 3.04. The quantitative estimate of drug-likeness (QED) is 0.760. The van der Waals surface area contributed by atoms with Gasteiger partial charge in [-0.1, -0.05) is 20.3 Å². The molecule has 19 heavy (non-hydrogen) atoms. The number of hydrogen-bond acceptors (Lipinski definition) is 3. The average molecular weight is 272 g/mol. The highest BCUT2D eigenvalue weighted by Gasteiger charge is 2.46. The third-order valence-corrected chi connectivity index (χ3v) is 5.94. The molecule has 1 heterocycles. The zero-order valence-electron chi connectivity index (χ0n) is 11.7. The first-order valence-corrected chi connectivity index (χ1v) is 8.08. The van der Waals surface area contributed by atoms with E-state index in [1.165, 1.54) is 36.9 Å². The van der Waals surface area contributed by atoms with E-state index in [9.17, 15) is 5.26 Å². The zero-order chi connectivity index (χ0) is 13.5. The monoisotopic (exact) mass is 272 g/mol. The van der Waals surface area contributed by atoms with Crippen LogP contribution in [0, 0.1) is 16.7 Å². The summed E-state index contributed by atoms with van der Waals surface area (Å²) in [5.41, 5.74) is 3.77. The summed E-state index contributed by atoms with van der Waals surface area (Å²) in [5, 5.41) is 11.0. The molecule has 100 valence electrons. The van der Waals surface area contributed by atoms with Gasteiger partial charge in [0.15, 0.2) is 0 Å². The Bertz CT molecular complexity index is 542. The molecule has 0 N–H and O–H groups in total. The van der Waals surface area contributed by atoms with Crippen LogP contribution in [0.2, 0.25) is 0 Å². The summed E-state index contributed by atoms with van der Waals surface area (Å²) in [7, 11) is 0. The number of hydrogen-bond donors (Lipinski definition) is 0. The van der Waals surface area contributed by atoms with E-state index in [-0.39, 0.29) is 0 Å². The first-order chi connectivity index (χ1) is 9.10. The standard InChI is InChI=1S/C16H20N2S/c1-16(2)9-14(16)19-15-12(10-17)8-11-6-4-3-5-7-13(11)18-15/h8,14H,3-7,9H2,1-2H3. The molecular weight excluding hydrogens is 252 g/mol.